The molecule has 20 heavy (non-hydrogen) atoms. The Morgan fingerprint density at radius 1 is 1.20 bits per heavy atom. The third-order valence-corrected chi connectivity index (χ3v) is 4.45. The zero-order chi connectivity index (χ0) is 14.7. The molecule has 0 bridgehead atoms. The maximum Gasteiger partial charge on any atom is 0.129 e. The van der Waals surface area contributed by atoms with E-state index in [0.717, 1.165) is 16.3 Å². The molecule has 4 heteroatoms. The first-order valence-corrected chi connectivity index (χ1v) is 7.86. The molecule has 0 fully saturated rings. The molecule has 1 nitrogen and oxygen atoms in total. The minimum absolute atomic E-state index is 0.0586. The van der Waals surface area contributed by atoms with Crippen molar-refractivity contribution >= 4 is 33.2 Å². The number of hydrogen-bond acceptors (Lipinski definition) is 1. The predicted molar refractivity (Wildman–Crippen MR) is 87.3 cm³/mol. The monoisotopic (exact) mass is 355 g/mol. The van der Waals surface area contributed by atoms with Crippen LogP contribution in [0.25, 0.3) is 0 Å². The molecule has 0 aliphatic carbocycles. The van der Waals surface area contributed by atoms with Crippen LogP contribution in [-0.4, -0.2) is 7.05 Å². The van der Waals surface area contributed by atoms with Crippen molar-refractivity contribution in [1.82, 2.24) is 0 Å². The van der Waals surface area contributed by atoms with Gasteiger partial charge < -0.3 is 4.90 Å². The van der Waals surface area contributed by atoms with Crippen LogP contribution in [0.15, 0.2) is 42.5 Å². The molecule has 0 spiro atoms. The molecule has 0 aromatic heterocycles. The summed E-state index contributed by atoms with van der Waals surface area (Å²) >= 11 is 9.60. The highest BCUT2D eigenvalue weighted by atomic mass is 79.9. The van der Waals surface area contributed by atoms with Gasteiger partial charge in [0.1, 0.15) is 5.82 Å². The van der Waals surface area contributed by atoms with Crippen LogP contribution in [0.2, 0.25) is 5.02 Å². The second-order valence-electron chi connectivity index (χ2n) is 4.68. The summed E-state index contributed by atoms with van der Waals surface area (Å²) in [6, 6.07) is 12.9. The standard InChI is InChI=1S/C16H16BrClFN/c1-11(12-6-3-4-7-14(12)18)20(2)16-9-5-8-15(19)13(16)10-17/h3-9,11H,10H2,1-2H3. The highest BCUT2D eigenvalue weighted by molar-refractivity contribution is 9.08. The molecule has 0 N–H and O–H groups in total. The summed E-state index contributed by atoms with van der Waals surface area (Å²) in [5.74, 6) is -0.197. The van der Waals surface area contributed by atoms with E-state index in [1.165, 1.54) is 6.07 Å². The molecule has 0 aliphatic rings. The summed E-state index contributed by atoms with van der Waals surface area (Å²) in [4.78, 5) is 2.04. The lowest BCUT2D eigenvalue weighted by Gasteiger charge is -2.29. The van der Waals surface area contributed by atoms with E-state index in [2.05, 4.69) is 22.9 Å². The first kappa shape index (κ1) is 15.3. The van der Waals surface area contributed by atoms with Crippen LogP contribution in [0.4, 0.5) is 10.1 Å². The smallest absolute Gasteiger partial charge is 0.129 e. The molecule has 2 aromatic rings. The zero-order valence-electron chi connectivity index (χ0n) is 11.4. The Morgan fingerprint density at radius 2 is 1.90 bits per heavy atom. The van der Waals surface area contributed by atoms with Crippen LogP contribution in [0.5, 0.6) is 0 Å². The molecule has 0 saturated heterocycles. The van der Waals surface area contributed by atoms with Crippen LogP contribution >= 0.6 is 27.5 Å². The van der Waals surface area contributed by atoms with Crippen LogP contribution in [0, 0.1) is 5.82 Å². The Balaban J connectivity index is 2.39. The van der Waals surface area contributed by atoms with Gasteiger partial charge in [0.25, 0.3) is 0 Å². The number of hydrogen-bond donors (Lipinski definition) is 0. The Bertz CT molecular complexity index is 603. The van der Waals surface area contributed by atoms with E-state index < -0.39 is 0 Å². The minimum Gasteiger partial charge on any atom is -0.367 e. The van der Waals surface area contributed by atoms with Crippen molar-refractivity contribution in [1.29, 1.82) is 0 Å². The number of anilines is 1. The Kier molecular flexibility index (Phi) is 5.06. The largest absolute Gasteiger partial charge is 0.367 e. The molecule has 106 valence electrons. The predicted octanol–water partition coefficient (Wildman–Crippen LogP) is 5.57. The van der Waals surface area contributed by atoms with Crippen molar-refractivity contribution in [3.05, 3.63) is 64.4 Å². The molecule has 0 heterocycles. The average molecular weight is 357 g/mol. The maximum atomic E-state index is 13.9. The molecule has 2 rings (SSSR count). The number of halogens is 3. The van der Waals surface area contributed by atoms with Crippen molar-refractivity contribution in [2.45, 2.75) is 18.3 Å². The molecule has 0 aliphatic heterocycles. The molecule has 0 saturated carbocycles. The summed E-state index contributed by atoms with van der Waals surface area (Å²) in [6.45, 7) is 2.06. The van der Waals surface area contributed by atoms with E-state index >= 15 is 0 Å². The molecule has 0 amide bonds. The fourth-order valence-corrected chi connectivity index (χ4v) is 3.09. The van der Waals surface area contributed by atoms with Crippen LogP contribution in [-0.2, 0) is 5.33 Å². The lowest BCUT2D eigenvalue weighted by atomic mass is 10.1. The quantitative estimate of drug-likeness (QED) is 0.647. The summed E-state index contributed by atoms with van der Waals surface area (Å²) in [6.07, 6.45) is 0. The maximum absolute atomic E-state index is 13.9. The van der Waals surface area contributed by atoms with E-state index in [0.29, 0.717) is 10.9 Å². The van der Waals surface area contributed by atoms with Crippen molar-refractivity contribution < 1.29 is 4.39 Å². The van der Waals surface area contributed by atoms with E-state index in [1.807, 2.05) is 42.3 Å². The normalized spacial score (nSPS) is 12.2. The fraction of sp³-hybridized carbons (Fsp3) is 0.250. The summed E-state index contributed by atoms with van der Waals surface area (Å²) in [5, 5.41) is 1.21. The Morgan fingerprint density at radius 3 is 2.55 bits per heavy atom. The molecular weight excluding hydrogens is 341 g/mol. The minimum atomic E-state index is -0.197. The van der Waals surface area contributed by atoms with E-state index in [-0.39, 0.29) is 11.9 Å². The summed E-state index contributed by atoms with van der Waals surface area (Å²) in [7, 11) is 1.95. The van der Waals surface area contributed by atoms with Crippen LogP contribution in [0.3, 0.4) is 0 Å². The third-order valence-electron chi connectivity index (χ3n) is 3.54. The highest BCUT2D eigenvalue weighted by Gasteiger charge is 2.18. The van der Waals surface area contributed by atoms with Gasteiger partial charge in [-0.2, -0.15) is 0 Å². The van der Waals surface area contributed by atoms with E-state index in [9.17, 15) is 4.39 Å². The van der Waals surface area contributed by atoms with Crippen LogP contribution in [0.1, 0.15) is 24.1 Å². The number of rotatable bonds is 4. The van der Waals surface area contributed by atoms with Crippen molar-refractivity contribution in [3.8, 4) is 0 Å². The fourth-order valence-electron chi connectivity index (χ4n) is 2.24. The van der Waals surface area contributed by atoms with Gasteiger partial charge in [0.05, 0.1) is 6.04 Å². The van der Waals surface area contributed by atoms with Crippen molar-refractivity contribution in [3.63, 3.8) is 0 Å². The van der Waals surface area contributed by atoms with Gasteiger partial charge in [-0.05, 0) is 30.7 Å². The Hall–Kier alpha value is -1.06. The average Bonchev–Trinajstić information content (AvgIpc) is 2.46. The topological polar surface area (TPSA) is 3.24 Å². The van der Waals surface area contributed by atoms with Gasteiger partial charge in [0, 0.05) is 28.7 Å². The van der Waals surface area contributed by atoms with Crippen molar-refractivity contribution in [2.24, 2.45) is 0 Å². The molecule has 1 unspecified atom stereocenters. The van der Waals surface area contributed by atoms with Crippen LogP contribution < -0.4 is 4.90 Å². The summed E-state index contributed by atoms with van der Waals surface area (Å²) < 4.78 is 13.9. The lowest BCUT2D eigenvalue weighted by Crippen LogP contribution is -2.23. The van der Waals surface area contributed by atoms with Gasteiger partial charge in [0.2, 0.25) is 0 Å². The lowest BCUT2D eigenvalue weighted by molar-refractivity contribution is 0.614. The summed E-state index contributed by atoms with van der Waals surface area (Å²) in [5.41, 5.74) is 2.56. The van der Waals surface area contributed by atoms with E-state index in [1.54, 1.807) is 6.07 Å². The molecule has 2 aromatic carbocycles. The number of alkyl halides is 1. The molecule has 0 radical (unpaired) electrons. The van der Waals surface area contributed by atoms with E-state index in [4.69, 9.17) is 11.6 Å². The number of benzene rings is 2. The molecular formula is C16H16BrClFN. The van der Waals surface area contributed by atoms with Gasteiger partial charge in [-0.1, -0.05) is 51.8 Å². The first-order valence-electron chi connectivity index (χ1n) is 6.37. The van der Waals surface area contributed by atoms with Gasteiger partial charge in [-0.25, -0.2) is 4.39 Å². The van der Waals surface area contributed by atoms with Gasteiger partial charge in [-0.3, -0.25) is 0 Å². The van der Waals surface area contributed by atoms with Gasteiger partial charge in [-0.15, -0.1) is 0 Å². The second kappa shape index (κ2) is 6.59. The Labute approximate surface area is 132 Å². The zero-order valence-corrected chi connectivity index (χ0v) is 13.7. The SMILES string of the molecule is CC(c1ccccc1Cl)N(C)c1cccc(F)c1CBr. The second-order valence-corrected chi connectivity index (χ2v) is 5.65. The molecule has 1 atom stereocenters. The van der Waals surface area contributed by atoms with Crippen molar-refractivity contribution in [2.75, 3.05) is 11.9 Å². The first-order chi connectivity index (χ1) is 9.56. The number of nitrogens with zero attached hydrogens (tertiary/aromatic N) is 1. The highest BCUT2D eigenvalue weighted by Crippen LogP contribution is 2.33. The van der Waals surface area contributed by atoms with Gasteiger partial charge >= 0.3 is 0 Å². The third kappa shape index (κ3) is 2.99. The van der Waals surface area contributed by atoms with Gasteiger partial charge in [0.15, 0.2) is 0 Å².